The number of ketones is 1. The van der Waals surface area contributed by atoms with Gasteiger partial charge in [0.15, 0.2) is 24.2 Å². The summed E-state index contributed by atoms with van der Waals surface area (Å²) in [6, 6.07) is 0.842. The number of Topliss-reactive ketones (excluding diaryl/α,β-unsaturated/α-hetero) is 1. The average molecular weight is 794 g/mol. The topological polar surface area (TPSA) is 219 Å². The highest BCUT2D eigenvalue weighted by Crippen LogP contribution is 2.42. The van der Waals surface area contributed by atoms with Crippen molar-refractivity contribution < 1.29 is 52.4 Å². The molecule has 3 aromatic rings. The number of hydrogen-bond acceptors (Lipinski definition) is 15. The van der Waals surface area contributed by atoms with E-state index in [1.165, 1.54) is 32.4 Å². The lowest BCUT2D eigenvalue weighted by molar-refractivity contribution is -0.239. The molecule has 3 aliphatic rings. The molecule has 1 aromatic carbocycles. The second kappa shape index (κ2) is 18.3. The molecule has 308 valence electrons. The van der Waals surface area contributed by atoms with Crippen molar-refractivity contribution in [2.75, 3.05) is 24.6 Å². The van der Waals surface area contributed by atoms with Gasteiger partial charge in [-0.3, -0.25) is 24.0 Å². The van der Waals surface area contributed by atoms with Gasteiger partial charge in [0, 0.05) is 58.5 Å². The van der Waals surface area contributed by atoms with Crippen molar-refractivity contribution in [3.8, 4) is 5.75 Å². The molecule has 1 saturated heterocycles. The van der Waals surface area contributed by atoms with E-state index in [2.05, 4.69) is 20.5 Å². The minimum absolute atomic E-state index is 0.128. The number of aromatic nitrogens is 3. The average Bonchev–Trinajstić information content (AvgIpc) is 3.62. The predicted molar refractivity (Wildman–Crippen MR) is 203 cm³/mol. The first-order chi connectivity index (χ1) is 27.3. The minimum atomic E-state index is -1.21. The van der Waals surface area contributed by atoms with Gasteiger partial charge in [-0.25, -0.2) is 9.48 Å². The molecule has 0 unspecified atom stereocenters. The fourth-order valence-electron chi connectivity index (χ4n) is 8.26. The van der Waals surface area contributed by atoms with Crippen LogP contribution in [0.1, 0.15) is 119 Å². The van der Waals surface area contributed by atoms with Crippen LogP contribution in [-0.2, 0) is 57.4 Å². The van der Waals surface area contributed by atoms with Crippen LogP contribution in [0.5, 0.6) is 5.75 Å². The van der Waals surface area contributed by atoms with Crippen LogP contribution in [0, 0.1) is 0 Å². The van der Waals surface area contributed by atoms with E-state index in [0.717, 1.165) is 87.7 Å². The summed E-state index contributed by atoms with van der Waals surface area (Å²) in [4.78, 5) is 76.7. The lowest BCUT2D eigenvalue weighted by Crippen LogP contribution is -2.64. The van der Waals surface area contributed by atoms with Crippen LogP contribution in [-0.4, -0.2) is 93.7 Å². The monoisotopic (exact) mass is 793 g/mol. The van der Waals surface area contributed by atoms with Crippen LogP contribution in [0.3, 0.4) is 0 Å². The summed E-state index contributed by atoms with van der Waals surface area (Å²) >= 11 is 0. The maximum Gasteiger partial charge on any atom is 0.351 e. The van der Waals surface area contributed by atoms with Crippen molar-refractivity contribution >= 4 is 46.3 Å². The van der Waals surface area contributed by atoms with Crippen molar-refractivity contribution in [3.05, 3.63) is 45.1 Å². The number of aryl methyl sites for hydroxylation is 3. The summed E-state index contributed by atoms with van der Waals surface area (Å²) in [5.74, 6) is -3.15. The van der Waals surface area contributed by atoms with Gasteiger partial charge in [-0.15, -0.1) is 5.10 Å². The fraction of sp³-hybridized carbons (Fsp3) is 0.600. The van der Waals surface area contributed by atoms with Gasteiger partial charge in [-0.1, -0.05) is 30.9 Å². The number of rotatable bonds is 16. The smallest absolute Gasteiger partial charge is 0.351 e. The molecular formula is C40H51N5O12. The summed E-state index contributed by atoms with van der Waals surface area (Å²) in [5.41, 5.74) is 3.19. The third kappa shape index (κ3) is 9.63. The molecular weight excluding hydrogens is 742 g/mol. The van der Waals surface area contributed by atoms with E-state index in [0.29, 0.717) is 29.5 Å². The molecule has 0 bridgehead atoms. The summed E-state index contributed by atoms with van der Waals surface area (Å²) in [5, 5.41) is 22.8. The molecule has 2 aromatic heterocycles. The van der Waals surface area contributed by atoms with Crippen molar-refractivity contribution in [2.45, 2.75) is 135 Å². The van der Waals surface area contributed by atoms with Gasteiger partial charge in [-0.2, -0.15) is 0 Å². The Bertz CT molecular complexity index is 2060. The third-order valence-electron chi connectivity index (χ3n) is 10.6. The number of carbonyl (C=O) groups excluding carboxylic acids is 5. The summed E-state index contributed by atoms with van der Waals surface area (Å²) in [6.07, 6.45) is 6.16. The van der Waals surface area contributed by atoms with Gasteiger partial charge in [0.2, 0.25) is 5.91 Å². The van der Waals surface area contributed by atoms with E-state index in [1.54, 1.807) is 6.20 Å². The van der Waals surface area contributed by atoms with E-state index in [4.69, 9.17) is 23.4 Å². The number of anilines is 1. The third-order valence-corrected chi connectivity index (χ3v) is 10.6. The van der Waals surface area contributed by atoms with Crippen LogP contribution in [0.25, 0.3) is 11.0 Å². The van der Waals surface area contributed by atoms with Crippen LogP contribution >= 0.6 is 0 Å². The Morgan fingerprint density at radius 2 is 1.60 bits per heavy atom. The Morgan fingerprint density at radius 3 is 2.30 bits per heavy atom. The van der Waals surface area contributed by atoms with Gasteiger partial charge >= 0.3 is 23.5 Å². The SMILES string of the molecule is CC(=O)N[C@@H]1[C@@H](OC(C)=O)[C@H](OC(C)=O)[C@@H](COC(C)=O)O[C@H]1n1cc(CCCCCCCCC(=O)c2c(O)c3cc4c5c(c3oc2=O)CCCN5CCC4)nn1. The zero-order valence-corrected chi connectivity index (χ0v) is 32.9. The Labute approximate surface area is 329 Å². The zero-order valence-electron chi connectivity index (χ0n) is 32.9. The van der Waals surface area contributed by atoms with E-state index < -0.39 is 65.8 Å². The molecule has 57 heavy (non-hydrogen) atoms. The van der Waals surface area contributed by atoms with Gasteiger partial charge < -0.3 is 38.7 Å². The Balaban J connectivity index is 1.01. The van der Waals surface area contributed by atoms with Gasteiger partial charge in [-0.05, 0) is 56.6 Å². The lowest BCUT2D eigenvalue weighted by Gasteiger charge is -2.45. The molecule has 2 N–H and O–H groups in total. The van der Waals surface area contributed by atoms with Gasteiger partial charge in [0.25, 0.3) is 0 Å². The first-order valence-corrected chi connectivity index (χ1v) is 19.8. The molecule has 5 atom stereocenters. The quantitative estimate of drug-likeness (QED) is 0.0693. The molecule has 1 fully saturated rings. The summed E-state index contributed by atoms with van der Waals surface area (Å²) in [7, 11) is 0. The molecule has 3 aliphatic heterocycles. The molecule has 5 heterocycles. The molecule has 6 rings (SSSR count). The zero-order chi connectivity index (χ0) is 40.8. The van der Waals surface area contributed by atoms with E-state index in [9.17, 15) is 33.9 Å². The van der Waals surface area contributed by atoms with Crippen LogP contribution in [0.4, 0.5) is 5.69 Å². The lowest BCUT2D eigenvalue weighted by atomic mass is 9.89. The fourth-order valence-corrected chi connectivity index (χ4v) is 8.26. The number of amides is 1. The molecule has 0 aliphatic carbocycles. The number of ether oxygens (including phenoxy) is 4. The van der Waals surface area contributed by atoms with E-state index in [1.807, 2.05) is 6.07 Å². The number of fused-ring (bicyclic) bond motifs is 2. The summed E-state index contributed by atoms with van der Waals surface area (Å²) in [6.45, 7) is 6.44. The number of nitrogens with one attached hydrogen (secondary N) is 1. The van der Waals surface area contributed by atoms with E-state index >= 15 is 0 Å². The first kappa shape index (κ1) is 41.3. The highest BCUT2D eigenvalue weighted by molar-refractivity contribution is 6.04. The van der Waals surface area contributed by atoms with Crippen LogP contribution < -0.4 is 15.8 Å². The maximum atomic E-state index is 13.2. The van der Waals surface area contributed by atoms with Crippen molar-refractivity contribution in [1.82, 2.24) is 20.3 Å². The molecule has 0 spiro atoms. The number of benzene rings is 1. The Morgan fingerprint density at radius 1 is 0.912 bits per heavy atom. The van der Waals surface area contributed by atoms with Crippen molar-refractivity contribution in [1.29, 1.82) is 0 Å². The number of carbonyl (C=O) groups is 5. The maximum absolute atomic E-state index is 13.2. The van der Waals surface area contributed by atoms with Gasteiger partial charge in [0.1, 0.15) is 35.6 Å². The highest BCUT2D eigenvalue weighted by Gasteiger charge is 2.52. The van der Waals surface area contributed by atoms with Crippen molar-refractivity contribution in [2.24, 2.45) is 0 Å². The summed E-state index contributed by atoms with van der Waals surface area (Å²) < 4.78 is 29.5. The Hall–Kier alpha value is -5.32. The number of unbranched alkanes of at least 4 members (excludes halogenated alkanes) is 5. The largest absolute Gasteiger partial charge is 0.506 e. The van der Waals surface area contributed by atoms with Crippen LogP contribution in [0.2, 0.25) is 0 Å². The molecule has 17 nitrogen and oxygen atoms in total. The molecule has 0 saturated carbocycles. The van der Waals surface area contributed by atoms with Crippen LogP contribution in [0.15, 0.2) is 21.5 Å². The normalized spacial score (nSPS) is 21.4. The number of esters is 3. The van der Waals surface area contributed by atoms with E-state index in [-0.39, 0.29) is 24.3 Å². The number of aromatic hydroxyl groups is 1. The standard InChI is InChI=1S/C40H51N5O12/c1-22(46)41-33-38(55-25(4)49)37(54-24(3)48)31(21-53-23(2)47)56-39(33)45-20-27(42-43-45)14-9-7-5-6-8-10-16-30(50)32-35(51)29-19-26-13-11-17-44-18-12-15-28(34(26)44)36(29)57-40(32)52/h19-20,31,33,37-39,51H,5-18,21H2,1-4H3,(H,41,46)/t31-,33-,37-,38-,39-/m1/s1. The molecule has 1 amide bonds. The second-order valence-electron chi connectivity index (χ2n) is 15.0. The Kier molecular flexibility index (Phi) is 13.3. The highest BCUT2D eigenvalue weighted by atomic mass is 16.6. The number of hydrogen-bond donors (Lipinski definition) is 2. The van der Waals surface area contributed by atoms with Gasteiger partial charge in [0.05, 0.1) is 17.3 Å². The first-order valence-electron chi connectivity index (χ1n) is 19.8. The number of nitrogens with zero attached hydrogens (tertiary/aromatic N) is 4. The van der Waals surface area contributed by atoms with Crippen molar-refractivity contribution in [3.63, 3.8) is 0 Å². The second-order valence-corrected chi connectivity index (χ2v) is 15.0. The minimum Gasteiger partial charge on any atom is -0.506 e. The predicted octanol–water partition coefficient (Wildman–Crippen LogP) is 3.77. The molecule has 17 heteroatoms. The molecule has 0 radical (unpaired) electrons.